The molecule has 2 amide bonds. The second-order valence-corrected chi connectivity index (χ2v) is 9.40. The SMILES string of the molecule is CN=C(NCCCN1C(=O)C2C3C=CC(C3)C2C1=O)NCC(C1CC1)C1CC1.I. The summed E-state index contributed by atoms with van der Waals surface area (Å²) in [6, 6.07) is 0. The highest BCUT2D eigenvalue weighted by Gasteiger charge is 2.58. The molecule has 0 aromatic rings. The Hall–Kier alpha value is -1.12. The number of likely N-dealkylation sites (tertiary alicyclic amines) is 1. The van der Waals surface area contributed by atoms with E-state index in [1.165, 1.54) is 30.6 Å². The topological polar surface area (TPSA) is 73.8 Å². The first-order valence-corrected chi connectivity index (χ1v) is 11.2. The highest BCUT2D eigenvalue weighted by atomic mass is 127. The molecule has 0 spiro atoms. The number of imide groups is 1. The van der Waals surface area contributed by atoms with E-state index in [9.17, 15) is 9.59 Å². The molecule has 5 aliphatic rings. The maximum Gasteiger partial charge on any atom is 0.233 e. The van der Waals surface area contributed by atoms with Gasteiger partial charge in [-0.15, -0.1) is 24.0 Å². The summed E-state index contributed by atoms with van der Waals surface area (Å²) in [6.45, 7) is 2.24. The first-order valence-electron chi connectivity index (χ1n) is 11.2. The number of guanidine groups is 1. The van der Waals surface area contributed by atoms with Gasteiger partial charge in [-0.3, -0.25) is 19.5 Å². The average molecular weight is 512 g/mol. The van der Waals surface area contributed by atoms with Gasteiger partial charge in [0, 0.05) is 26.7 Å². The number of aliphatic imine (C=N–C) groups is 1. The zero-order chi connectivity index (χ0) is 19.3. The van der Waals surface area contributed by atoms with Gasteiger partial charge >= 0.3 is 0 Å². The number of carbonyl (C=O) groups excluding carboxylic acids is 2. The van der Waals surface area contributed by atoms with Crippen LogP contribution < -0.4 is 10.6 Å². The number of nitrogens with one attached hydrogen (secondary N) is 2. The van der Waals surface area contributed by atoms with Crippen LogP contribution in [-0.2, 0) is 9.59 Å². The first-order chi connectivity index (χ1) is 13.7. The molecule has 1 aliphatic heterocycles. The molecule has 6 nitrogen and oxygen atoms in total. The lowest BCUT2D eigenvalue weighted by molar-refractivity contribution is -0.140. The fourth-order valence-corrected chi connectivity index (χ4v) is 5.83. The van der Waals surface area contributed by atoms with Crippen molar-refractivity contribution < 1.29 is 9.59 Å². The number of hydrogen-bond donors (Lipinski definition) is 2. The van der Waals surface area contributed by atoms with Gasteiger partial charge in [-0.25, -0.2) is 0 Å². The number of fused-ring (bicyclic) bond motifs is 5. The van der Waals surface area contributed by atoms with Crippen LogP contribution in [0.3, 0.4) is 0 Å². The van der Waals surface area contributed by atoms with E-state index >= 15 is 0 Å². The van der Waals surface area contributed by atoms with Gasteiger partial charge in [0.2, 0.25) is 11.8 Å². The van der Waals surface area contributed by atoms with Gasteiger partial charge in [-0.1, -0.05) is 12.2 Å². The zero-order valence-electron chi connectivity index (χ0n) is 17.2. The summed E-state index contributed by atoms with van der Waals surface area (Å²) in [5, 5.41) is 6.85. The highest BCUT2D eigenvalue weighted by Crippen LogP contribution is 2.52. The van der Waals surface area contributed by atoms with Crippen LogP contribution >= 0.6 is 24.0 Å². The molecule has 4 aliphatic carbocycles. The molecule has 1 saturated heterocycles. The maximum atomic E-state index is 12.7. The summed E-state index contributed by atoms with van der Waals surface area (Å²) < 4.78 is 0. The van der Waals surface area contributed by atoms with Crippen molar-refractivity contribution in [1.82, 2.24) is 15.5 Å². The first kappa shape index (κ1) is 21.1. The van der Waals surface area contributed by atoms with Crippen molar-refractivity contribution in [3.8, 4) is 0 Å². The molecule has 0 radical (unpaired) electrons. The molecule has 5 rings (SSSR count). The molecule has 4 atom stereocenters. The van der Waals surface area contributed by atoms with Crippen LogP contribution in [0.15, 0.2) is 17.1 Å². The van der Waals surface area contributed by atoms with Gasteiger partial charge in [0.25, 0.3) is 0 Å². The molecule has 2 bridgehead atoms. The van der Waals surface area contributed by atoms with E-state index in [2.05, 4.69) is 27.8 Å². The number of rotatable bonds is 8. The zero-order valence-corrected chi connectivity index (χ0v) is 19.5. The molecule has 3 saturated carbocycles. The van der Waals surface area contributed by atoms with Gasteiger partial charge in [-0.05, 0) is 68.1 Å². The second kappa shape index (κ2) is 8.55. The van der Waals surface area contributed by atoms with E-state index in [1.54, 1.807) is 7.05 Å². The standard InChI is InChI=1S/C22H32N4O2.HI/c1-23-22(25-12-17(13-3-4-13)14-5-6-14)24-9-2-10-26-20(27)18-15-7-8-16(11-15)19(18)21(26)28;/h7-8,13-19H,2-6,9-12H2,1H3,(H2,23,24,25);1H. The summed E-state index contributed by atoms with van der Waals surface area (Å²) in [5.74, 6) is 4.05. The lowest BCUT2D eigenvalue weighted by Crippen LogP contribution is -2.42. The van der Waals surface area contributed by atoms with Gasteiger partial charge in [0.05, 0.1) is 11.8 Å². The predicted molar refractivity (Wildman–Crippen MR) is 123 cm³/mol. The summed E-state index contributed by atoms with van der Waals surface area (Å²) in [6.07, 6.45) is 11.6. The van der Waals surface area contributed by atoms with Crippen LogP contribution in [0, 0.1) is 41.4 Å². The van der Waals surface area contributed by atoms with Crippen molar-refractivity contribution in [1.29, 1.82) is 0 Å². The Kier molecular flexibility index (Phi) is 6.23. The highest BCUT2D eigenvalue weighted by molar-refractivity contribution is 14.0. The molecule has 0 aromatic carbocycles. The maximum absolute atomic E-state index is 12.7. The fraction of sp³-hybridized carbons (Fsp3) is 0.773. The van der Waals surface area contributed by atoms with E-state index in [-0.39, 0.29) is 47.6 Å². The molecular formula is C22H33IN4O2. The lowest BCUT2D eigenvalue weighted by atomic mass is 9.85. The van der Waals surface area contributed by atoms with E-state index in [0.717, 1.165) is 43.1 Å². The predicted octanol–water partition coefficient (Wildman–Crippen LogP) is 2.40. The van der Waals surface area contributed by atoms with Crippen molar-refractivity contribution in [3.63, 3.8) is 0 Å². The van der Waals surface area contributed by atoms with Crippen molar-refractivity contribution in [2.24, 2.45) is 46.4 Å². The van der Waals surface area contributed by atoms with Crippen LogP contribution in [0.1, 0.15) is 38.5 Å². The third-order valence-electron chi connectivity index (χ3n) is 7.60. The molecule has 0 aromatic heterocycles. The second-order valence-electron chi connectivity index (χ2n) is 9.40. The minimum atomic E-state index is -0.0772. The fourth-order valence-electron chi connectivity index (χ4n) is 5.83. The number of carbonyl (C=O) groups is 2. The third-order valence-corrected chi connectivity index (χ3v) is 7.60. The van der Waals surface area contributed by atoms with Crippen molar-refractivity contribution >= 4 is 41.8 Å². The quantitative estimate of drug-likeness (QED) is 0.131. The monoisotopic (exact) mass is 512 g/mol. The Labute approximate surface area is 190 Å². The smallest absolute Gasteiger partial charge is 0.233 e. The number of hydrogen-bond acceptors (Lipinski definition) is 3. The Morgan fingerprint density at radius 3 is 2.17 bits per heavy atom. The van der Waals surface area contributed by atoms with Crippen LogP contribution in [0.4, 0.5) is 0 Å². The van der Waals surface area contributed by atoms with E-state index < -0.39 is 0 Å². The van der Waals surface area contributed by atoms with Gasteiger partial charge in [-0.2, -0.15) is 0 Å². The van der Waals surface area contributed by atoms with E-state index in [1.807, 2.05) is 0 Å². The van der Waals surface area contributed by atoms with Crippen LogP contribution in [0.2, 0.25) is 0 Å². The van der Waals surface area contributed by atoms with Crippen molar-refractivity contribution in [2.45, 2.75) is 38.5 Å². The van der Waals surface area contributed by atoms with Crippen molar-refractivity contribution in [3.05, 3.63) is 12.2 Å². The van der Waals surface area contributed by atoms with Crippen LogP contribution in [0.25, 0.3) is 0 Å². The Morgan fingerprint density at radius 1 is 1.07 bits per heavy atom. The average Bonchev–Trinajstić information content (AvgIpc) is 3.62. The largest absolute Gasteiger partial charge is 0.356 e. The van der Waals surface area contributed by atoms with Gasteiger partial charge in [0.15, 0.2) is 5.96 Å². The summed E-state index contributed by atoms with van der Waals surface area (Å²) in [7, 11) is 1.80. The van der Waals surface area contributed by atoms with Crippen LogP contribution in [0.5, 0.6) is 0 Å². The Bertz CT molecular complexity index is 674. The molecule has 160 valence electrons. The minimum Gasteiger partial charge on any atom is -0.356 e. The Morgan fingerprint density at radius 2 is 1.66 bits per heavy atom. The molecular weight excluding hydrogens is 479 g/mol. The third kappa shape index (κ3) is 4.08. The minimum absolute atomic E-state index is 0. The van der Waals surface area contributed by atoms with E-state index in [4.69, 9.17) is 0 Å². The van der Waals surface area contributed by atoms with E-state index in [0.29, 0.717) is 24.9 Å². The molecule has 2 N–H and O–H groups in total. The van der Waals surface area contributed by atoms with Gasteiger partial charge in [0.1, 0.15) is 0 Å². The molecule has 29 heavy (non-hydrogen) atoms. The Balaban J connectivity index is 0.00000205. The van der Waals surface area contributed by atoms with Gasteiger partial charge < -0.3 is 10.6 Å². The normalized spacial score (nSPS) is 32.8. The van der Waals surface area contributed by atoms with Crippen LogP contribution in [-0.4, -0.2) is 49.4 Å². The molecule has 7 heteroatoms. The summed E-state index contributed by atoms with van der Waals surface area (Å²) in [4.78, 5) is 31.3. The summed E-state index contributed by atoms with van der Waals surface area (Å²) in [5.41, 5.74) is 0. The molecule has 4 unspecified atom stereocenters. The number of amides is 2. The summed E-state index contributed by atoms with van der Waals surface area (Å²) >= 11 is 0. The molecule has 4 fully saturated rings. The number of allylic oxidation sites excluding steroid dienone is 2. The lowest BCUT2D eigenvalue weighted by Gasteiger charge is -2.20. The number of halogens is 1. The number of nitrogens with zero attached hydrogens (tertiary/aromatic N) is 2. The van der Waals surface area contributed by atoms with Crippen molar-refractivity contribution in [2.75, 3.05) is 26.7 Å². The molecule has 1 heterocycles.